The lowest BCUT2D eigenvalue weighted by atomic mass is 10.0. The third kappa shape index (κ3) is 1.88. The molecule has 0 saturated heterocycles. The third-order valence-electron chi connectivity index (χ3n) is 1.69. The second kappa shape index (κ2) is 3.75. The normalized spacial score (nSPS) is 12.2. The van der Waals surface area contributed by atoms with Crippen molar-refractivity contribution in [1.29, 1.82) is 0 Å². The minimum atomic E-state index is -0.803. The number of aliphatic hydroxyl groups is 1. The van der Waals surface area contributed by atoms with Crippen molar-refractivity contribution in [2.75, 3.05) is 0 Å². The predicted octanol–water partition coefficient (Wildman–Crippen LogP) is 2.42. The molecule has 0 aromatic heterocycles. The van der Waals surface area contributed by atoms with Gasteiger partial charge in [0.2, 0.25) is 0 Å². The molecular weight excluding hydrogens is 216 g/mol. The highest BCUT2D eigenvalue weighted by Crippen LogP contribution is 2.21. The maximum atomic E-state index is 9.38. The van der Waals surface area contributed by atoms with Crippen molar-refractivity contribution in [1.82, 2.24) is 0 Å². The minimum absolute atomic E-state index is 0.784. The summed E-state index contributed by atoms with van der Waals surface area (Å²) in [5.74, 6) is 2.28. The molecule has 0 radical (unpaired) electrons. The zero-order chi connectivity index (χ0) is 9.14. The molecule has 0 bridgehead atoms. The maximum absolute atomic E-state index is 9.38. The fraction of sp³-hybridized carbons (Fsp3) is 0.200. The van der Waals surface area contributed by atoms with Crippen LogP contribution in [-0.4, -0.2) is 5.11 Å². The van der Waals surface area contributed by atoms with Gasteiger partial charge < -0.3 is 5.11 Å². The first kappa shape index (κ1) is 9.31. The molecule has 0 aliphatic carbocycles. The molecule has 1 aromatic rings. The van der Waals surface area contributed by atoms with Crippen LogP contribution in [0.1, 0.15) is 17.2 Å². The summed E-state index contributed by atoms with van der Waals surface area (Å²) in [7, 11) is 0. The van der Waals surface area contributed by atoms with E-state index in [4.69, 9.17) is 6.42 Å². The Morgan fingerprint density at radius 2 is 2.25 bits per heavy atom. The monoisotopic (exact) mass is 224 g/mol. The van der Waals surface area contributed by atoms with E-state index in [1.807, 2.05) is 25.1 Å². The van der Waals surface area contributed by atoms with Crippen LogP contribution in [0.3, 0.4) is 0 Å². The molecule has 1 rings (SSSR count). The van der Waals surface area contributed by atoms with Crippen LogP contribution in [0.15, 0.2) is 22.7 Å². The van der Waals surface area contributed by atoms with E-state index in [9.17, 15) is 5.11 Å². The lowest BCUT2D eigenvalue weighted by molar-refractivity contribution is 0.238. The van der Waals surface area contributed by atoms with Gasteiger partial charge in [-0.15, -0.1) is 6.42 Å². The molecule has 1 atom stereocenters. The number of aryl methyl sites for hydroxylation is 1. The van der Waals surface area contributed by atoms with Crippen molar-refractivity contribution in [3.63, 3.8) is 0 Å². The molecule has 62 valence electrons. The quantitative estimate of drug-likeness (QED) is 0.727. The van der Waals surface area contributed by atoms with Crippen molar-refractivity contribution in [2.24, 2.45) is 0 Å². The molecule has 0 saturated carbocycles. The standard InChI is InChI=1S/C10H9BrO/c1-3-10(12)9-6-8(11)5-4-7(9)2/h1,4-6,10,12H,2H3/t10-/m0/s1. The zero-order valence-electron chi connectivity index (χ0n) is 6.71. The average molecular weight is 225 g/mol. The SMILES string of the molecule is C#C[C@H](O)c1cc(Br)ccc1C. The number of terminal acetylenes is 1. The smallest absolute Gasteiger partial charge is 0.140 e. The Labute approximate surface area is 80.6 Å². The lowest BCUT2D eigenvalue weighted by Gasteiger charge is -2.07. The number of hydrogen-bond donors (Lipinski definition) is 1. The topological polar surface area (TPSA) is 20.2 Å². The minimum Gasteiger partial charge on any atom is -0.376 e. The molecular formula is C10H9BrO. The molecule has 0 fully saturated rings. The highest BCUT2D eigenvalue weighted by molar-refractivity contribution is 9.10. The van der Waals surface area contributed by atoms with Gasteiger partial charge in [0.1, 0.15) is 6.10 Å². The molecule has 0 heterocycles. The van der Waals surface area contributed by atoms with E-state index in [-0.39, 0.29) is 0 Å². The Kier molecular flexibility index (Phi) is 2.91. The summed E-state index contributed by atoms with van der Waals surface area (Å²) in [5.41, 5.74) is 1.79. The molecule has 1 nitrogen and oxygen atoms in total. The van der Waals surface area contributed by atoms with E-state index in [0.29, 0.717) is 0 Å². The molecule has 1 aromatic carbocycles. The van der Waals surface area contributed by atoms with Gasteiger partial charge in [-0.3, -0.25) is 0 Å². The largest absolute Gasteiger partial charge is 0.376 e. The fourth-order valence-corrected chi connectivity index (χ4v) is 1.37. The van der Waals surface area contributed by atoms with Gasteiger partial charge >= 0.3 is 0 Å². The van der Waals surface area contributed by atoms with E-state index in [0.717, 1.165) is 15.6 Å². The number of benzene rings is 1. The van der Waals surface area contributed by atoms with Crippen molar-refractivity contribution < 1.29 is 5.11 Å². The molecule has 0 spiro atoms. The van der Waals surface area contributed by atoms with Crippen LogP contribution in [0.4, 0.5) is 0 Å². The lowest BCUT2D eigenvalue weighted by Crippen LogP contribution is -1.96. The van der Waals surface area contributed by atoms with Gasteiger partial charge in [0, 0.05) is 4.47 Å². The van der Waals surface area contributed by atoms with E-state index in [1.165, 1.54) is 0 Å². The van der Waals surface area contributed by atoms with E-state index in [1.54, 1.807) is 0 Å². The van der Waals surface area contributed by atoms with Crippen LogP contribution in [-0.2, 0) is 0 Å². The van der Waals surface area contributed by atoms with Crippen molar-refractivity contribution >= 4 is 15.9 Å². The highest BCUT2D eigenvalue weighted by atomic mass is 79.9. The first-order valence-corrected chi connectivity index (χ1v) is 4.34. The first-order valence-electron chi connectivity index (χ1n) is 3.55. The summed E-state index contributed by atoms with van der Waals surface area (Å²) in [6, 6.07) is 5.67. The second-order valence-corrected chi connectivity index (χ2v) is 3.49. The molecule has 0 aliphatic rings. The number of hydrogen-bond acceptors (Lipinski definition) is 1. The van der Waals surface area contributed by atoms with Crippen LogP contribution in [0.2, 0.25) is 0 Å². The number of halogens is 1. The maximum Gasteiger partial charge on any atom is 0.140 e. The van der Waals surface area contributed by atoms with Crippen molar-refractivity contribution in [3.05, 3.63) is 33.8 Å². The van der Waals surface area contributed by atoms with Crippen LogP contribution < -0.4 is 0 Å². The van der Waals surface area contributed by atoms with Crippen LogP contribution in [0.5, 0.6) is 0 Å². The zero-order valence-corrected chi connectivity index (χ0v) is 8.30. The Morgan fingerprint density at radius 1 is 1.58 bits per heavy atom. The van der Waals surface area contributed by atoms with Crippen LogP contribution in [0.25, 0.3) is 0 Å². The Morgan fingerprint density at radius 3 is 2.83 bits per heavy atom. The number of aliphatic hydroxyl groups excluding tert-OH is 1. The van der Waals surface area contributed by atoms with Crippen LogP contribution in [0, 0.1) is 19.3 Å². The summed E-state index contributed by atoms with van der Waals surface area (Å²) in [6.07, 6.45) is 4.30. The molecule has 0 aliphatic heterocycles. The molecule has 0 amide bonds. The van der Waals surface area contributed by atoms with Gasteiger partial charge in [0.15, 0.2) is 0 Å². The summed E-state index contributed by atoms with van der Waals surface area (Å²) in [5, 5.41) is 9.38. The highest BCUT2D eigenvalue weighted by Gasteiger charge is 2.06. The van der Waals surface area contributed by atoms with E-state index in [2.05, 4.69) is 21.9 Å². The fourth-order valence-electron chi connectivity index (χ4n) is 0.996. The third-order valence-corrected chi connectivity index (χ3v) is 2.19. The Bertz CT molecular complexity index is 325. The van der Waals surface area contributed by atoms with Gasteiger partial charge in [-0.05, 0) is 30.2 Å². The molecule has 12 heavy (non-hydrogen) atoms. The first-order chi connectivity index (χ1) is 5.65. The molecule has 0 unspecified atom stereocenters. The van der Waals surface area contributed by atoms with Crippen molar-refractivity contribution in [3.8, 4) is 12.3 Å². The number of rotatable bonds is 1. The van der Waals surface area contributed by atoms with Gasteiger partial charge in [-0.2, -0.15) is 0 Å². The van der Waals surface area contributed by atoms with Gasteiger partial charge in [0.05, 0.1) is 0 Å². The van der Waals surface area contributed by atoms with E-state index < -0.39 is 6.10 Å². The second-order valence-electron chi connectivity index (χ2n) is 2.57. The summed E-state index contributed by atoms with van der Waals surface area (Å²) >= 11 is 3.31. The summed E-state index contributed by atoms with van der Waals surface area (Å²) in [6.45, 7) is 1.92. The molecule has 2 heteroatoms. The van der Waals surface area contributed by atoms with Gasteiger partial charge in [-0.1, -0.05) is 27.9 Å². The molecule has 1 N–H and O–H groups in total. The van der Waals surface area contributed by atoms with Crippen molar-refractivity contribution in [2.45, 2.75) is 13.0 Å². The predicted molar refractivity (Wildman–Crippen MR) is 52.7 cm³/mol. The van der Waals surface area contributed by atoms with E-state index >= 15 is 0 Å². The average Bonchev–Trinajstić information content (AvgIpc) is 2.08. The Balaban J connectivity index is 3.15. The van der Waals surface area contributed by atoms with Crippen LogP contribution >= 0.6 is 15.9 Å². The summed E-state index contributed by atoms with van der Waals surface area (Å²) in [4.78, 5) is 0. The Hall–Kier alpha value is -0.780. The summed E-state index contributed by atoms with van der Waals surface area (Å²) < 4.78 is 0.928. The van der Waals surface area contributed by atoms with Gasteiger partial charge in [0.25, 0.3) is 0 Å². The van der Waals surface area contributed by atoms with Gasteiger partial charge in [-0.25, -0.2) is 0 Å².